The first kappa shape index (κ1) is 17.3. The molecule has 1 N–H and O–H groups in total. The highest BCUT2D eigenvalue weighted by Gasteiger charge is 2.43. The molecule has 1 heterocycles. The van der Waals surface area contributed by atoms with Gasteiger partial charge in [-0.25, -0.2) is 4.79 Å². The van der Waals surface area contributed by atoms with Gasteiger partial charge in [0.05, 0.1) is 17.9 Å². The predicted octanol–water partition coefficient (Wildman–Crippen LogP) is 4.13. The van der Waals surface area contributed by atoms with Crippen LogP contribution in [0, 0.1) is 6.92 Å². The van der Waals surface area contributed by atoms with E-state index >= 15 is 0 Å². The van der Waals surface area contributed by atoms with Gasteiger partial charge in [0, 0.05) is 28.3 Å². The van der Waals surface area contributed by atoms with Gasteiger partial charge in [-0.2, -0.15) is 0 Å². The first-order chi connectivity index (χ1) is 13.0. The van der Waals surface area contributed by atoms with Crippen LogP contribution in [0.2, 0.25) is 0 Å². The van der Waals surface area contributed by atoms with Crippen LogP contribution < -0.4 is 5.32 Å². The molecule has 2 aromatic rings. The Morgan fingerprint density at radius 2 is 1.70 bits per heavy atom. The van der Waals surface area contributed by atoms with Crippen molar-refractivity contribution in [3.63, 3.8) is 0 Å². The van der Waals surface area contributed by atoms with E-state index in [1.165, 1.54) is 0 Å². The van der Waals surface area contributed by atoms with Gasteiger partial charge in [0.15, 0.2) is 5.78 Å². The number of benzene rings is 2. The molecule has 0 radical (unpaired) electrons. The molecule has 0 amide bonds. The van der Waals surface area contributed by atoms with E-state index in [9.17, 15) is 9.59 Å². The molecule has 0 unspecified atom stereocenters. The van der Waals surface area contributed by atoms with Gasteiger partial charge in [-0.3, -0.25) is 4.79 Å². The molecule has 136 valence electrons. The van der Waals surface area contributed by atoms with Gasteiger partial charge in [0.2, 0.25) is 0 Å². The number of Topliss-reactive ketones (excluding diaryl/α,β-unsaturated/α-hetero) is 1. The molecule has 0 spiro atoms. The maximum Gasteiger partial charge on any atom is 0.336 e. The number of allylic oxidation sites excluding steroid dienone is 2. The lowest BCUT2D eigenvalue weighted by Crippen LogP contribution is -2.29. The van der Waals surface area contributed by atoms with E-state index in [0.29, 0.717) is 16.7 Å². The molecule has 4 nitrogen and oxygen atoms in total. The zero-order valence-corrected chi connectivity index (χ0v) is 15.6. The van der Waals surface area contributed by atoms with E-state index in [-0.39, 0.29) is 18.4 Å². The van der Waals surface area contributed by atoms with Crippen molar-refractivity contribution in [1.29, 1.82) is 0 Å². The lowest BCUT2D eigenvalue weighted by atomic mass is 9.78. The van der Waals surface area contributed by atoms with Crippen LogP contribution in [-0.2, 0) is 9.53 Å². The molecular weight excluding hydrogens is 338 g/mol. The minimum absolute atomic E-state index is 0.0318. The van der Waals surface area contributed by atoms with E-state index in [1.807, 2.05) is 62.4 Å². The highest BCUT2D eigenvalue weighted by Crippen LogP contribution is 2.47. The van der Waals surface area contributed by atoms with Gasteiger partial charge in [-0.05, 0) is 31.9 Å². The van der Waals surface area contributed by atoms with Gasteiger partial charge in [-0.1, -0.05) is 48.5 Å². The van der Waals surface area contributed by atoms with Crippen LogP contribution in [0.25, 0.3) is 5.70 Å². The van der Waals surface area contributed by atoms with Crippen molar-refractivity contribution in [1.82, 2.24) is 5.32 Å². The van der Waals surface area contributed by atoms with E-state index in [0.717, 1.165) is 28.1 Å². The Labute approximate surface area is 158 Å². The third-order valence-corrected chi connectivity index (χ3v) is 5.24. The Morgan fingerprint density at radius 3 is 2.41 bits per heavy atom. The monoisotopic (exact) mass is 359 g/mol. The molecule has 0 aromatic heterocycles. The molecule has 27 heavy (non-hydrogen) atoms. The summed E-state index contributed by atoms with van der Waals surface area (Å²) in [6.45, 7) is 5.94. The van der Waals surface area contributed by atoms with Gasteiger partial charge in [0.1, 0.15) is 0 Å². The number of nitrogens with one attached hydrogen (secondary N) is 1. The van der Waals surface area contributed by atoms with Crippen molar-refractivity contribution in [3.8, 4) is 0 Å². The summed E-state index contributed by atoms with van der Waals surface area (Å²) in [5.41, 5.74) is 6.21. The predicted molar refractivity (Wildman–Crippen MR) is 104 cm³/mol. The molecule has 1 aliphatic heterocycles. The second kappa shape index (κ2) is 6.54. The summed E-state index contributed by atoms with van der Waals surface area (Å²) in [5.74, 6) is -0.858. The topological polar surface area (TPSA) is 55.4 Å². The largest absolute Gasteiger partial charge is 0.463 e. The summed E-state index contributed by atoms with van der Waals surface area (Å²) in [4.78, 5) is 26.1. The first-order valence-corrected chi connectivity index (χ1v) is 9.13. The highest BCUT2D eigenvalue weighted by molar-refractivity contribution is 6.23. The average Bonchev–Trinajstić information content (AvgIpc) is 2.94. The Bertz CT molecular complexity index is 1030. The molecule has 1 atom stereocenters. The molecule has 0 fully saturated rings. The molecule has 2 aliphatic rings. The number of rotatable bonds is 3. The summed E-state index contributed by atoms with van der Waals surface area (Å²) >= 11 is 0. The van der Waals surface area contributed by atoms with Crippen molar-refractivity contribution in [2.24, 2.45) is 0 Å². The molecule has 0 saturated heterocycles. The maximum absolute atomic E-state index is 13.3. The van der Waals surface area contributed by atoms with Crippen molar-refractivity contribution in [2.75, 3.05) is 6.61 Å². The van der Waals surface area contributed by atoms with Crippen molar-refractivity contribution >= 4 is 17.4 Å². The minimum atomic E-state index is -0.443. The quantitative estimate of drug-likeness (QED) is 0.838. The molecule has 4 rings (SSSR count). The number of ketones is 1. The minimum Gasteiger partial charge on any atom is -0.463 e. The van der Waals surface area contributed by atoms with Crippen LogP contribution in [0.15, 0.2) is 65.4 Å². The Balaban J connectivity index is 1.96. The van der Waals surface area contributed by atoms with Crippen molar-refractivity contribution < 1.29 is 14.3 Å². The number of carbonyl (C=O) groups is 2. The number of ether oxygens (including phenoxy) is 1. The molecule has 1 aliphatic carbocycles. The Morgan fingerprint density at radius 1 is 1.04 bits per heavy atom. The van der Waals surface area contributed by atoms with E-state index < -0.39 is 5.92 Å². The second-order valence-corrected chi connectivity index (χ2v) is 6.84. The van der Waals surface area contributed by atoms with Gasteiger partial charge in [0.25, 0.3) is 0 Å². The summed E-state index contributed by atoms with van der Waals surface area (Å²) in [6, 6.07) is 15.5. The Hall–Kier alpha value is -3.14. The summed E-state index contributed by atoms with van der Waals surface area (Å²) in [7, 11) is 0. The molecular formula is C23H21NO3. The maximum atomic E-state index is 13.3. The highest BCUT2D eigenvalue weighted by atomic mass is 16.5. The van der Waals surface area contributed by atoms with Crippen LogP contribution >= 0.6 is 0 Å². The summed E-state index contributed by atoms with van der Waals surface area (Å²) in [6.07, 6.45) is 0. The van der Waals surface area contributed by atoms with Crippen LogP contribution in [0.3, 0.4) is 0 Å². The number of hydrogen-bond acceptors (Lipinski definition) is 4. The van der Waals surface area contributed by atoms with Crippen LogP contribution in [0.4, 0.5) is 0 Å². The average molecular weight is 359 g/mol. The fourth-order valence-corrected chi connectivity index (χ4v) is 4.03. The fraction of sp³-hybridized carbons (Fsp3) is 0.217. The number of esters is 1. The van der Waals surface area contributed by atoms with Crippen molar-refractivity contribution in [3.05, 3.63) is 87.6 Å². The normalized spacial score (nSPS) is 18.2. The van der Waals surface area contributed by atoms with Crippen LogP contribution in [-0.4, -0.2) is 18.4 Å². The SMILES string of the molecule is CCOC(=O)C1=C(C)NC2=C(C(=O)c3ccccc32)[C@H]1c1ccccc1C. The lowest BCUT2D eigenvalue weighted by molar-refractivity contribution is -0.138. The molecule has 0 bridgehead atoms. The Kier molecular flexibility index (Phi) is 4.19. The van der Waals surface area contributed by atoms with E-state index in [4.69, 9.17) is 4.74 Å². The van der Waals surface area contributed by atoms with Gasteiger partial charge in [-0.15, -0.1) is 0 Å². The summed E-state index contributed by atoms with van der Waals surface area (Å²) in [5, 5.41) is 3.31. The lowest BCUT2D eigenvalue weighted by Gasteiger charge is -2.30. The third kappa shape index (κ3) is 2.60. The zero-order chi connectivity index (χ0) is 19.1. The molecule has 0 saturated carbocycles. The molecule has 2 aromatic carbocycles. The number of dihydropyridines is 1. The van der Waals surface area contributed by atoms with Crippen molar-refractivity contribution in [2.45, 2.75) is 26.7 Å². The first-order valence-electron chi connectivity index (χ1n) is 9.13. The smallest absolute Gasteiger partial charge is 0.336 e. The van der Waals surface area contributed by atoms with Gasteiger partial charge >= 0.3 is 5.97 Å². The number of carbonyl (C=O) groups excluding carboxylic acids is 2. The summed E-state index contributed by atoms with van der Waals surface area (Å²) < 4.78 is 5.33. The fourth-order valence-electron chi connectivity index (χ4n) is 4.03. The third-order valence-electron chi connectivity index (χ3n) is 5.24. The second-order valence-electron chi connectivity index (χ2n) is 6.84. The van der Waals surface area contributed by atoms with E-state index in [1.54, 1.807) is 6.92 Å². The molecule has 4 heteroatoms. The number of hydrogen-bond donors (Lipinski definition) is 1. The van der Waals surface area contributed by atoms with Gasteiger partial charge < -0.3 is 10.1 Å². The standard InChI is InChI=1S/C23H21NO3/c1-4-27-23(26)18-14(3)24-21-16-11-7-8-12-17(16)22(25)20(21)19(18)15-10-6-5-9-13(15)2/h5-12,19,24H,4H2,1-3H3/t19-/m0/s1. The van der Waals surface area contributed by atoms with E-state index in [2.05, 4.69) is 5.32 Å². The van der Waals surface area contributed by atoms with Crippen LogP contribution in [0.1, 0.15) is 46.8 Å². The number of aryl methyl sites for hydroxylation is 1. The number of fused-ring (bicyclic) bond motifs is 2. The van der Waals surface area contributed by atoms with Crippen LogP contribution in [0.5, 0.6) is 0 Å². The zero-order valence-electron chi connectivity index (χ0n) is 15.6.